The van der Waals surface area contributed by atoms with Crippen molar-refractivity contribution in [2.24, 2.45) is 0 Å². The molecule has 7 heteroatoms. The fourth-order valence-electron chi connectivity index (χ4n) is 2.56. The van der Waals surface area contributed by atoms with Crippen LogP contribution in [-0.4, -0.2) is 26.0 Å². The molecular weight excluding hydrogens is 322 g/mol. The molecule has 3 rings (SSSR count). The molecule has 0 saturated carbocycles. The van der Waals surface area contributed by atoms with E-state index in [1.807, 2.05) is 30.3 Å². The normalized spacial score (nSPS) is 10.6. The van der Waals surface area contributed by atoms with Crippen molar-refractivity contribution in [2.45, 2.75) is 12.8 Å². The summed E-state index contributed by atoms with van der Waals surface area (Å²) >= 11 is 0. The van der Waals surface area contributed by atoms with Gasteiger partial charge in [0.05, 0.1) is 17.0 Å². The second-order valence-corrected chi connectivity index (χ2v) is 5.55. The molecule has 0 fully saturated rings. The molecule has 0 radical (unpaired) electrons. The highest BCUT2D eigenvalue weighted by Gasteiger charge is 2.15. The first-order valence-corrected chi connectivity index (χ1v) is 7.61. The third-order valence-corrected chi connectivity index (χ3v) is 3.76. The molecule has 25 heavy (non-hydrogen) atoms. The fraction of sp³-hybridized carbons (Fsp3) is 0.111. The number of nitro groups is 1. The van der Waals surface area contributed by atoms with Crippen molar-refractivity contribution in [2.75, 3.05) is 0 Å². The van der Waals surface area contributed by atoms with E-state index >= 15 is 0 Å². The number of aromatic nitrogens is 2. The number of carboxylic acids is 1. The number of nitro benzene ring substituents is 1. The molecule has 126 valence electrons. The number of non-ortho nitro benzene ring substituents is 1. The zero-order valence-corrected chi connectivity index (χ0v) is 13.2. The van der Waals surface area contributed by atoms with E-state index in [0.717, 1.165) is 11.3 Å². The molecule has 0 spiro atoms. The standard InChI is InChI=1S/C18H15N3O4/c22-17(23)11-16-15(10-12-4-2-1-3-5-12)19-18(20-16)13-6-8-14(9-7-13)21(24)25/h1-9H,10-11H2,(H,19,20)(H,22,23). The van der Waals surface area contributed by atoms with Crippen LogP contribution in [-0.2, 0) is 17.6 Å². The molecule has 0 aliphatic rings. The van der Waals surface area contributed by atoms with E-state index in [4.69, 9.17) is 5.11 Å². The van der Waals surface area contributed by atoms with E-state index < -0.39 is 10.9 Å². The predicted molar refractivity (Wildman–Crippen MR) is 91.3 cm³/mol. The third-order valence-electron chi connectivity index (χ3n) is 3.76. The van der Waals surface area contributed by atoms with E-state index in [9.17, 15) is 14.9 Å². The Kier molecular flexibility index (Phi) is 4.56. The van der Waals surface area contributed by atoms with E-state index in [1.54, 1.807) is 12.1 Å². The topological polar surface area (TPSA) is 109 Å². The maximum atomic E-state index is 11.1. The summed E-state index contributed by atoms with van der Waals surface area (Å²) in [4.78, 5) is 28.9. The minimum atomic E-state index is -0.962. The average molecular weight is 337 g/mol. The van der Waals surface area contributed by atoms with Crippen LogP contribution in [0.3, 0.4) is 0 Å². The van der Waals surface area contributed by atoms with Crippen LogP contribution in [0.2, 0.25) is 0 Å². The van der Waals surface area contributed by atoms with Crippen molar-refractivity contribution in [3.8, 4) is 11.4 Å². The molecule has 3 aromatic rings. The van der Waals surface area contributed by atoms with Crippen molar-refractivity contribution in [3.05, 3.63) is 81.7 Å². The van der Waals surface area contributed by atoms with Crippen LogP contribution < -0.4 is 0 Å². The molecule has 2 N–H and O–H groups in total. The molecule has 7 nitrogen and oxygen atoms in total. The van der Waals surface area contributed by atoms with E-state index in [-0.39, 0.29) is 12.1 Å². The molecular formula is C18H15N3O4. The second kappa shape index (κ2) is 6.96. The Morgan fingerprint density at radius 1 is 1.12 bits per heavy atom. The number of nitrogens with one attached hydrogen (secondary N) is 1. The van der Waals surface area contributed by atoms with E-state index in [1.165, 1.54) is 12.1 Å². The van der Waals surface area contributed by atoms with Gasteiger partial charge in [-0.3, -0.25) is 14.9 Å². The van der Waals surface area contributed by atoms with E-state index in [2.05, 4.69) is 9.97 Å². The number of carboxylic acid groups (broad SMARTS) is 1. The fourth-order valence-corrected chi connectivity index (χ4v) is 2.56. The summed E-state index contributed by atoms with van der Waals surface area (Å²) in [6.07, 6.45) is 0.342. The van der Waals surface area contributed by atoms with Gasteiger partial charge >= 0.3 is 5.97 Å². The average Bonchev–Trinajstić information content (AvgIpc) is 2.98. The molecule has 0 amide bonds. The summed E-state index contributed by atoms with van der Waals surface area (Å²) in [5.41, 5.74) is 2.88. The van der Waals surface area contributed by atoms with Crippen molar-refractivity contribution in [3.63, 3.8) is 0 Å². The summed E-state index contributed by atoms with van der Waals surface area (Å²) in [5, 5.41) is 19.9. The first kappa shape index (κ1) is 16.4. The first-order chi connectivity index (χ1) is 12.0. The number of carbonyl (C=O) groups is 1. The van der Waals surface area contributed by atoms with Crippen molar-refractivity contribution in [1.29, 1.82) is 0 Å². The zero-order chi connectivity index (χ0) is 17.8. The van der Waals surface area contributed by atoms with Gasteiger partial charge in [0, 0.05) is 29.8 Å². The number of benzene rings is 2. The molecule has 0 atom stereocenters. The Bertz CT molecular complexity index is 902. The van der Waals surface area contributed by atoms with Gasteiger partial charge in [-0.2, -0.15) is 0 Å². The predicted octanol–water partition coefficient (Wildman–Crippen LogP) is 3.20. The van der Waals surface area contributed by atoms with Gasteiger partial charge < -0.3 is 10.1 Å². The van der Waals surface area contributed by atoms with Crippen LogP contribution in [0.5, 0.6) is 0 Å². The highest BCUT2D eigenvalue weighted by molar-refractivity contribution is 5.70. The number of aliphatic carboxylic acids is 1. The van der Waals surface area contributed by atoms with Crippen molar-refractivity contribution in [1.82, 2.24) is 9.97 Å². The quantitative estimate of drug-likeness (QED) is 0.530. The Morgan fingerprint density at radius 2 is 1.80 bits per heavy atom. The maximum absolute atomic E-state index is 11.1. The Morgan fingerprint density at radius 3 is 2.40 bits per heavy atom. The summed E-state index contributed by atoms with van der Waals surface area (Å²) in [6.45, 7) is 0. The number of hydrogen-bond donors (Lipinski definition) is 2. The van der Waals surface area contributed by atoms with Gasteiger partial charge in [-0.15, -0.1) is 0 Å². The number of aromatic amines is 1. The van der Waals surface area contributed by atoms with Gasteiger partial charge in [0.2, 0.25) is 0 Å². The lowest BCUT2D eigenvalue weighted by Gasteiger charge is -2.01. The minimum Gasteiger partial charge on any atom is -0.481 e. The molecule has 0 aliphatic carbocycles. The molecule has 0 aliphatic heterocycles. The lowest BCUT2D eigenvalue weighted by atomic mass is 10.1. The summed E-state index contributed by atoms with van der Waals surface area (Å²) in [5.74, 6) is -0.465. The van der Waals surface area contributed by atoms with Crippen LogP contribution in [0.25, 0.3) is 11.4 Å². The maximum Gasteiger partial charge on any atom is 0.309 e. The van der Waals surface area contributed by atoms with Gasteiger partial charge in [-0.25, -0.2) is 4.98 Å². The SMILES string of the molecule is O=C(O)Cc1nc(-c2ccc([N+](=O)[O-])cc2)[nH]c1Cc1ccccc1. The highest BCUT2D eigenvalue weighted by Crippen LogP contribution is 2.23. The monoisotopic (exact) mass is 337 g/mol. The van der Waals surface area contributed by atoms with Gasteiger partial charge in [0.15, 0.2) is 0 Å². The Labute approximate surface area is 143 Å². The van der Waals surface area contributed by atoms with Crippen LogP contribution in [0.15, 0.2) is 54.6 Å². The van der Waals surface area contributed by atoms with Crippen molar-refractivity contribution >= 4 is 11.7 Å². The second-order valence-electron chi connectivity index (χ2n) is 5.55. The van der Waals surface area contributed by atoms with Gasteiger partial charge in [0.1, 0.15) is 5.82 Å². The number of rotatable bonds is 6. The molecule has 1 aromatic heterocycles. The molecule has 0 unspecified atom stereocenters. The van der Waals surface area contributed by atoms with E-state index in [0.29, 0.717) is 23.5 Å². The van der Waals surface area contributed by atoms with Gasteiger partial charge in [0.25, 0.3) is 5.69 Å². The lowest BCUT2D eigenvalue weighted by molar-refractivity contribution is -0.384. The van der Waals surface area contributed by atoms with Crippen LogP contribution in [0.4, 0.5) is 5.69 Å². The van der Waals surface area contributed by atoms with Crippen LogP contribution in [0, 0.1) is 10.1 Å². The van der Waals surface area contributed by atoms with Crippen LogP contribution in [0.1, 0.15) is 17.0 Å². The molecule has 0 bridgehead atoms. The number of H-pyrrole nitrogens is 1. The summed E-state index contributed by atoms with van der Waals surface area (Å²) in [6, 6.07) is 15.6. The molecule has 1 heterocycles. The summed E-state index contributed by atoms with van der Waals surface area (Å²) < 4.78 is 0. The zero-order valence-electron chi connectivity index (χ0n) is 13.2. The Hall–Kier alpha value is -3.48. The molecule has 2 aromatic carbocycles. The smallest absolute Gasteiger partial charge is 0.309 e. The number of nitrogens with zero attached hydrogens (tertiary/aromatic N) is 2. The van der Waals surface area contributed by atoms with Crippen molar-refractivity contribution < 1.29 is 14.8 Å². The van der Waals surface area contributed by atoms with Gasteiger partial charge in [-0.1, -0.05) is 30.3 Å². The first-order valence-electron chi connectivity index (χ1n) is 7.61. The molecule has 0 saturated heterocycles. The van der Waals surface area contributed by atoms with Crippen LogP contribution >= 0.6 is 0 Å². The minimum absolute atomic E-state index is 0.00873. The lowest BCUT2D eigenvalue weighted by Crippen LogP contribution is -2.04. The summed E-state index contributed by atoms with van der Waals surface area (Å²) in [7, 11) is 0. The number of imidazole rings is 1. The highest BCUT2D eigenvalue weighted by atomic mass is 16.6. The number of hydrogen-bond acceptors (Lipinski definition) is 4. The third kappa shape index (κ3) is 3.89. The Balaban J connectivity index is 1.94. The van der Waals surface area contributed by atoms with Gasteiger partial charge in [-0.05, 0) is 17.7 Å². The largest absolute Gasteiger partial charge is 0.481 e.